The molecule has 2 aliphatic rings. The monoisotopic (exact) mass is 394 g/mol. The second kappa shape index (κ2) is 7.06. The summed E-state index contributed by atoms with van der Waals surface area (Å²) in [4.78, 5) is 35.9. The second-order valence-electron chi connectivity index (χ2n) is 6.47. The van der Waals surface area contributed by atoms with Crippen LogP contribution in [0.3, 0.4) is 0 Å². The first-order chi connectivity index (χ1) is 13.4. The van der Waals surface area contributed by atoms with Crippen LogP contribution < -0.4 is 10.1 Å². The van der Waals surface area contributed by atoms with Gasteiger partial charge in [0.15, 0.2) is 0 Å². The number of hydrogen-bond donors (Lipinski definition) is 1. The van der Waals surface area contributed by atoms with Crippen molar-refractivity contribution in [3.05, 3.63) is 70.1 Å². The zero-order chi connectivity index (χ0) is 19.7. The number of benzene rings is 2. The lowest BCUT2D eigenvalue weighted by Gasteiger charge is -2.27. The summed E-state index contributed by atoms with van der Waals surface area (Å²) < 4.78 is 5.54. The zero-order valence-corrected chi connectivity index (χ0v) is 15.7. The fourth-order valence-corrected chi connectivity index (χ4v) is 3.51. The van der Waals surface area contributed by atoms with Crippen LogP contribution in [0.4, 0.5) is 4.79 Å². The maximum Gasteiger partial charge on any atom is 0.375 e. The summed E-state index contributed by atoms with van der Waals surface area (Å²) in [7, 11) is 1.69. The lowest BCUT2D eigenvalue weighted by atomic mass is 10.1. The van der Waals surface area contributed by atoms with E-state index in [4.69, 9.17) is 4.74 Å². The highest BCUT2D eigenvalue weighted by Crippen LogP contribution is 2.26. The molecule has 2 heterocycles. The van der Waals surface area contributed by atoms with Crippen molar-refractivity contribution in [2.75, 3.05) is 13.8 Å². The number of ether oxygens (including phenoxy) is 1. The molecule has 1 N–H and O–H groups in total. The molecular weight excluding hydrogens is 378 g/mol. The lowest BCUT2D eigenvalue weighted by molar-refractivity contribution is -0.852. The van der Waals surface area contributed by atoms with Crippen molar-refractivity contribution in [3.63, 3.8) is 0 Å². The van der Waals surface area contributed by atoms with E-state index in [0.29, 0.717) is 16.2 Å². The summed E-state index contributed by atoms with van der Waals surface area (Å²) in [6.07, 6.45) is 3.32. The van der Waals surface area contributed by atoms with Gasteiger partial charge in [-0.2, -0.15) is 0 Å². The maximum atomic E-state index is 12.8. The summed E-state index contributed by atoms with van der Waals surface area (Å²) in [5, 5.41) is 6.19. The first-order valence-electron chi connectivity index (χ1n) is 8.47. The number of nitrogens with zero attached hydrogens (tertiary/aromatic N) is 2. The number of thioether (sulfide) groups is 1. The molecule has 0 spiro atoms. The second-order valence-corrected chi connectivity index (χ2v) is 7.49. The van der Waals surface area contributed by atoms with Crippen molar-refractivity contribution in [3.8, 4) is 5.75 Å². The molecule has 28 heavy (non-hydrogen) atoms. The van der Waals surface area contributed by atoms with Gasteiger partial charge in [-0.1, -0.05) is 35.4 Å². The molecule has 1 atom stereocenters. The molecular formula is C20H16N3O4S+. The Morgan fingerprint density at radius 1 is 1.11 bits per heavy atom. The van der Waals surface area contributed by atoms with E-state index in [1.807, 2.05) is 18.2 Å². The van der Waals surface area contributed by atoms with Crippen LogP contribution in [0.5, 0.6) is 5.75 Å². The zero-order valence-electron chi connectivity index (χ0n) is 14.9. The summed E-state index contributed by atoms with van der Waals surface area (Å²) >= 11 is 0.870. The van der Waals surface area contributed by atoms with E-state index < -0.39 is 5.91 Å². The standard InChI is InChI=1S/C20H15N3O4S/c1-23(19(25)16-5-3-2-4-14(16)11-21-23)12-27-15-8-6-13(7-9-15)10-17-18(24)22-20(26)28-17/h2-11H,12H2,1H3/p+1. The van der Waals surface area contributed by atoms with Gasteiger partial charge in [0.2, 0.25) is 0 Å². The minimum absolute atomic E-state index is 0.0524. The van der Waals surface area contributed by atoms with Gasteiger partial charge in [-0.3, -0.25) is 14.9 Å². The highest BCUT2D eigenvalue weighted by atomic mass is 32.2. The van der Waals surface area contributed by atoms with Crippen molar-refractivity contribution in [2.24, 2.45) is 5.10 Å². The molecule has 4 rings (SSSR count). The quantitative estimate of drug-likeness (QED) is 0.637. The Labute approximate surface area is 165 Å². The van der Waals surface area contributed by atoms with Crippen molar-refractivity contribution < 1.29 is 23.7 Å². The van der Waals surface area contributed by atoms with Crippen LogP contribution in [0.2, 0.25) is 0 Å². The van der Waals surface area contributed by atoms with Crippen molar-refractivity contribution in [2.45, 2.75) is 0 Å². The van der Waals surface area contributed by atoms with Gasteiger partial charge in [0.1, 0.15) is 12.8 Å². The van der Waals surface area contributed by atoms with Crippen molar-refractivity contribution in [1.29, 1.82) is 0 Å². The van der Waals surface area contributed by atoms with Crippen molar-refractivity contribution in [1.82, 2.24) is 5.32 Å². The Hall–Kier alpha value is -3.23. The average Bonchev–Trinajstić information content (AvgIpc) is 3.01. The number of rotatable bonds is 4. The maximum absolute atomic E-state index is 12.8. The molecule has 2 aliphatic heterocycles. The number of quaternary nitrogens is 1. The smallest absolute Gasteiger partial charge is 0.375 e. The minimum atomic E-state index is -0.394. The molecule has 0 saturated carbocycles. The topological polar surface area (TPSA) is 84.8 Å². The molecule has 8 heteroatoms. The summed E-state index contributed by atoms with van der Waals surface area (Å²) in [6.45, 7) is 0.0524. The highest BCUT2D eigenvalue weighted by Gasteiger charge is 2.38. The molecule has 1 unspecified atom stereocenters. The van der Waals surface area contributed by atoms with Gasteiger partial charge in [-0.25, -0.2) is 4.79 Å². The normalized spacial score (nSPS) is 22.3. The van der Waals surface area contributed by atoms with Crippen LogP contribution in [0.15, 0.2) is 58.5 Å². The number of fused-ring (bicyclic) bond motifs is 1. The minimum Gasteiger partial charge on any atom is -0.442 e. The third kappa shape index (κ3) is 3.47. The Bertz CT molecular complexity index is 1050. The molecule has 0 radical (unpaired) electrons. The molecule has 2 aromatic carbocycles. The Kier molecular flexibility index (Phi) is 4.58. The number of hydrogen-bond acceptors (Lipinski definition) is 6. The summed E-state index contributed by atoms with van der Waals surface area (Å²) in [5.74, 6) is 0.0471. The Morgan fingerprint density at radius 3 is 2.57 bits per heavy atom. The van der Waals surface area contributed by atoms with Gasteiger partial charge in [0.05, 0.1) is 16.7 Å². The number of carbonyl (C=O) groups excluding carboxylic acids is 3. The van der Waals surface area contributed by atoms with E-state index in [-0.39, 0.29) is 22.5 Å². The van der Waals surface area contributed by atoms with Crippen molar-refractivity contribution >= 4 is 41.1 Å². The van der Waals surface area contributed by atoms with Gasteiger partial charge >= 0.3 is 5.91 Å². The van der Waals surface area contributed by atoms with Crippen LogP contribution in [0, 0.1) is 0 Å². The number of imide groups is 1. The van der Waals surface area contributed by atoms with Crippen LogP contribution in [0.25, 0.3) is 6.08 Å². The molecule has 3 amide bonds. The molecule has 0 bridgehead atoms. The molecule has 140 valence electrons. The number of carbonyl (C=O) groups is 3. The SMILES string of the molecule is C[N+]1(COc2ccc(C=C3SC(=O)NC3=O)cc2)N=Cc2ccccc2C1=O. The van der Waals surface area contributed by atoms with Gasteiger partial charge in [0, 0.05) is 5.56 Å². The van der Waals surface area contributed by atoms with Gasteiger partial charge < -0.3 is 4.74 Å². The van der Waals surface area contributed by atoms with Crippen LogP contribution >= 0.6 is 11.8 Å². The van der Waals surface area contributed by atoms with E-state index >= 15 is 0 Å². The summed E-state index contributed by atoms with van der Waals surface area (Å²) in [5.41, 5.74) is 2.18. The molecule has 0 aliphatic carbocycles. The van der Waals surface area contributed by atoms with E-state index in [0.717, 1.165) is 22.9 Å². The van der Waals surface area contributed by atoms with E-state index in [1.54, 1.807) is 49.7 Å². The van der Waals surface area contributed by atoms with E-state index in [1.165, 1.54) is 0 Å². The van der Waals surface area contributed by atoms with E-state index in [9.17, 15) is 14.4 Å². The van der Waals surface area contributed by atoms with Gasteiger partial charge in [-0.05, 0) is 41.6 Å². The fraction of sp³-hybridized carbons (Fsp3) is 0.100. The number of amides is 3. The first-order valence-corrected chi connectivity index (χ1v) is 9.29. The van der Waals surface area contributed by atoms with Crippen LogP contribution in [-0.2, 0) is 4.79 Å². The third-order valence-corrected chi connectivity index (χ3v) is 5.19. The van der Waals surface area contributed by atoms with Gasteiger partial charge in [-0.15, -0.1) is 4.59 Å². The largest absolute Gasteiger partial charge is 0.442 e. The first kappa shape index (κ1) is 18.1. The molecule has 1 fully saturated rings. The Morgan fingerprint density at radius 2 is 1.86 bits per heavy atom. The number of nitrogens with one attached hydrogen (secondary N) is 1. The predicted octanol–water partition coefficient (Wildman–Crippen LogP) is 2.98. The predicted molar refractivity (Wildman–Crippen MR) is 106 cm³/mol. The molecule has 2 aromatic rings. The lowest BCUT2D eigenvalue weighted by Crippen LogP contribution is -2.49. The third-order valence-electron chi connectivity index (χ3n) is 4.38. The van der Waals surface area contributed by atoms with Gasteiger partial charge in [0.25, 0.3) is 17.9 Å². The van der Waals surface area contributed by atoms with Crippen LogP contribution in [-0.4, -0.2) is 41.6 Å². The van der Waals surface area contributed by atoms with Crippen LogP contribution in [0.1, 0.15) is 21.5 Å². The molecule has 1 saturated heterocycles. The summed E-state index contributed by atoms with van der Waals surface area (Å²) in [6, 6.07) is 14.4. The Balaban J connectivity index is 1.45. The van der Waals surface area contributed by atoms with E-state index in [2.05, 4.69) is 10.4 Å². The highest BCUT2D eigenvalue weighted by molar-refractivity contribution is 8.18. The average molecular weight is 394 g/mol. The fourth-order valence-electron chi connectivity index (χ4n) is 2.83. The molecule has 0 aromatic heterocycles. The molecule has 7 nitrogen and oxygen atoms in total.